The molecule has 4 rings (SSSR count). The fraction of sp³-hybridized carbons (Fsp3) is 0.526. The number of carbonyl (C=O) groups is 1. The number of piperidine rings is 1. The highest BCUT2D eigenvalue weighted by molar-refractivity contribution is 5.99. The Hall–Kier alpha value is -2.77. The summed E-state index contributed by atoms with van der Waals surface area (Å²) >= 11 is 0. The van der Waals surface area contributed by atoms with E-state index in [-0.39, 0.29) is 11.8 Å². The third-order valence-electron chi connectivity index (χ3n) is 4.85. The van der Waals surface area contributed by atoms with Gasteiger partial charge < -0.3 is 9.42 Å². The fourth-order valence-electron chi connectivity index (χ4n) is 3.53. The Morgan fingerprint density at radius 3 is 3.04 bits per heavy atom. The van der Waals surface area contributed by atoms with Crippen LogP contribution >= 0.6 is 0 Å². The van der Waals surface area contributed by atoms with Gasteiger partial charge >= 0.3 is 0 Å². The van der Waals surface area contributed by atoms with Crippen molar-refractivity contribution in [2.24, 2.45) is 5.92 Å². The van der Waals surface area contributed by atoms with Crippen molar-refractivity contribution in [2.75, 3.05) is 13.1 Å². The fourth-order valence-corrected chi connectivity index (χ4v) is 3.53. The Balaban J connectivity index is 1.52. The summed E-state index contributed by atoms with van der Waals surface area (Å²) in [6.07, 6.45) is 7.87. The Kier molecular flexibility index (Phi) is 4.63. The number of hydrogen-bond donors (Lipinski definition) is 0. The average molecular weight is 368 g/mol. The molecular formula is C19H24N6O2. The highest BCUT2D eigenvalue weighted by Crippen LogP contribution is 2.27. The van der Waals surface area contributed by atoms with Crippen molar-refractivity contribution in [3.63, 3.8) is 0 Å². The van der Waals surface area contributed by atoms with Crippen LogP contribution < -0.4 is 0 Å². The molecule has 4 heterocycles. The minimum Gasteiger partial charge on any atom is -0.339 e. The predicted molar refractivity (Wildman–Crippen MR) is 98.4 cm³/mol. The molecule has 8 heteroatoms. The van der Waals surface area contributed by atoms with E-state index in [2.05, 4.69) is 34.1 Å². The van der Waals surface area contributed by atoms with Crippen molar-refractivity contribution in [3.8, 4) is 0 Å². The molecule has 3 aromatic rings. The molecule has 8 nitrogen and oxygen atoms in total. The Labute approximate surface area is 157 Å². The first-order valence-corrected chi connectivity index (χ1v) is 9.43. The van der Waals surface area contributed by atoms with Crippen molar-refractivity contribution < 1.29 is 9.32 Å². The summed E-state index contributed by atoms with van der Waals surface area (Å²) in [5.41, 5.74) is 2.11. The van der Waals surface area contributed by atoms with Gasteiger partial charge in [0, 0.05) is 31.9 Å². The zero-order valence-corrected chi connectivity index (χ0v) is 15.9. The second kappa shape index (κ2) is 7.09. The number of carbonyl (C=O) groups excluding carboxylic acids is 1. The summed E-state index contributed by atoms with van der Waals surface area (Å²) in [4.78, 5) is 23.8. The molecule has 1 amide bonds. The third kappa shape index (κ3) is 3.56. The van der Waals surface area contributed by atoms with E-state index in [1.165, 1.54) is 0 Å². The van der Waals surface area contributed by atoms with Gasteiger partial charge in [-0.1, -0.05) is 19.0 Å². The summed E-state index contributed by atoms with van der Waals surface area (Å²) in [7, 11) is 0. The Morgan fingerprint density at radius 1 is 1.37 bits per heavy atom. The normalized spacial score (nSPS) is 17.8. The van der Waals surface area contributed by atoms with Crippen molar-refractivity contribution >= 4 is 11.6 Å². The van der Waals surface area contributed by atoms with Gasteiger partial charge in [-0.3, -0.25) is 4.79 Å². The molecule has 1 unspecified atom stereocenters. The first kappa shape index (κ1) is 17.6. The standard InChI is InChI=1S/C19H24N6O2/c1-12(2)7-16-22-18(27-23-16)14-5-4-6-24(11-14)19(26)15-9-21-25-10-13(3)8-20-17(15)25/h8-10,12,14H,4-7,11H2,1-3H3. The van der Waals surface area contributed by atoms with Crippen LogP contribution in [-0.2, 0) is 6.42 Å². The number of nitrogens with zero attached hydrogens (tertiary/aromatic N) is 6. The molecule has 0 aromatic carbocycles. The molecule has 0 N–H and O–H groups in total. The number of rotatable bonds is 4. The van der Waals surface area contributed by atoms with E-state index in [1.54, 1.807) is 16.9 Å². The zero-order valence-electron chi connectivity index (χ0n) is 15.9. The molecule has 1 saturated heterocycles. The number of likely N-dealkylation sites (tertiary alicyclic amines) is 1. The molecule has 0 aliphatic carbocycles. The van der Waals surface area contributed by atoms with Gasteiger partial charge in [0.25, 0.3) is 5.91 Å². The molecule has 1 aliphatic heterocycles. The van der Waals surface area contributed by atoms with Crippen LogP contribution in [0.4, 0.5) is 0 Å². The minimum atomic E-state index is -0.0482. The lowest BCUT2D eigenvalue weighted by Crippen LogP contribution is -2.39. The molecular weight excluding hydrogens is 344 g/mol. The maximum Gasteiger partial charge on any atom is 0.259 e. The van der Waals surface area contributed by atoms with E-state index in [1.807, 2.05) is 18.0 Å². The van der Waals surface area contributed by atoms with E-state index in [0.717, 1.165) is 30.7 Å². The molecule has 1 atom stereocenters. The van der Waals surface area contributed by atoms with Gasteiger partial charge in [0.15, 0.2) is 11.5 Å². The lowest BCUT2D eigenvalue weighted by molar-refractivity contribution is 0.0697. The number of aromatic nitrogens is 5. The minimum absolute atomic E-state index is 0.0482. The second-order valence-electron chi connectivity index (χ2n) is 7.69. The first-order valence-electron chi connectivity index (χ1n) is 9.43. The van der Waals surface area contributed by atoms with Gasteiger partial charge in [-0.05, 0) is 31.2 Å². The van der Waals surface area contributed by atoms with E-state index in [0.29, 0.717) is 36.1 Å². The van der Waals surface area contributed by atoms with Crippen LogP contribution in [0.3, 0.4) is 0 Å². The molecule has 1 fully saturated rings. The van der Waals surface area contributed by atoms with E-state index < -0.39 is 0 Å². The van der Waals surface area contributed by atoms with Crippen molar-refractivity contribution in [3.05, 3.63) is 41.4 Å². The summed E-state index contributed by atoms with van der Waals surface area (Å²) < 4.78 is 7.13. The van der Waals surface area contributed by atoms with Crippen LogP contribution in [0.25, 0.3) is 5.65 Å². The summed E-state index contributed by atoms with van der Waals surface area (Å²) in [5.74, 6) is 1.88. The molecule has 0 bridgehead atoms. The van der Waals surface area contributed by atoms with Gasteiger partial charge in [0.05, 0.1) is 12.1 Å². The van der Waals surface area contributed by atoms with Crippen LogP contribution in [0, 0.1) is 12.8 Å². The first-order chi connectivity index (χ1) is 13.0. The zero-order chi connectivity index (χ0) is 19.0. The van der Waals surface area contributed by atoms with Crippen LogP contribution in [-0.4, -0.2) is 48.6 Å². The third-order valence-corrected chi connectivity index (χ3v) is 4.85. The smallest absolute Gasteiger partial charge is 0.259 e. The van der Waals surface area contributed by atoms with Crippen LogP contribution in [0.1, 0.15) is 60.2 Å². The Morgan fingerprint density at radius 2 is 2.22 bits per heavy atom. The molecule has 0 spiro atoms. The number of fused-ring (bicyclic) bond motifs is 1. The number of amides is 1. The van der Waals surface area contributed by atoms with E-state index >= 15 is 0 Å². The van der Waals surface area contributed by atoms with E-state index in [4.69, 9.17) is 4.52 Å². The summed E-state index contributed by atoms with van der Waals surface area (Å²) in [6, 6.07) is 0. The molecule has 0 saturated carbocycles. The van der Waals surface area contributed by atoms with Crippen LogP contribution in [0.15, 0.2) is 23.1 Å². The van der Waals surface area contributed by atoms with Crippen molar-refractivity contribution in [1.82, 2.24) is 29.6 Å². The highest BCUT2D eigenvalue weighted by Gasteiger charge is 2.30. The highest BCUT2D eigenvalue weighted by atomic mass is 16.5. The van der Waals surface area contributed by atoms with Crippen LogP contribution in [0.2, 0.25) is 0 Å². The van der Waals surface area contributed by atoms with Crippen molar-refractivity contribution in [2.45, 2.75) is 46.0 Å². The van der Waals surface area contributed by atoms with Gasteiger partial charge in [-0.2, -0.15) is 10.1 Å². The molecule has 1 aliphatic rings. The number of aryl methyl sites for hydroxylation is 1. The lowest BCUT2D eigenvalue weighted by Gasteiger charge is -2.30. The maximum atomic E-state index is 13.1. The molecule has 27 heavy (non-hydrogen) atoms. The van der Waals surface area contributed by atoms with Gasteiger partial charge in [0.2, 0.25) is 5.89 Å². The van der Waals surface area contributed by atoms with Gasteiger partial charge in [0.1, 0.15) is 5.56 Å². The Bertz CT molecular complexity index is 960. The topological polar surface area (TPSA) is 89.4 Å². The number of hydrogen-bond acceptors (Lipinski definition) is 6. The quantitative estimate of drug-likeness (QED) is 0.703. The summed E-state index contributed by atoms with van der Waals surface area (Å²) in [5, 5.41) is 8.36. The van der Waals surface area contributed by atoms with Crippen LogP contribution in [0.5, 0.6) is 0 Å². The largest absolute Gasteiger partial charge is 0.339 e. The van der Waals surface area contributed by atoms with Gasteiger partial charge in [-0.25, -0.2) is 9.50 Å². The van der Waals surface area contributed by atoms with Gasteiger partial charge in [-0.15, -0.1) is 0 Å². The molecule has 142 valence electrons. The maximum absolute atomic E-state index is 13.1. The summed E-state index contributed by atoms with van der Waals surface area (Å²) in [6.45, 7) is 7.49. The van der Waals surface area contributed by atoms with E-state index in [9.17, 15) is 4.79 Å². The second-order valence-corrected chi connectivity index (χ2v) is 7.69. The monoisotopic (exact) mass is 368 g/mol. The average Bonchev–Trinajstić information content (AvgIpc) is 3.27. The lowest BCUT2D eigenvalue weighted by atomic mass is 9.97. The SMILES string of the molecule is Cc1cnc2c(C(=O)N3CCCC(c4nc(CC(C)C)no4)C3)cnn2c1. The molecule has 3 aromatic heterocycles. The molecule has 0 radical (unpaired) electrons. The van der Waals surface area contributed by atoms with Crippen molar-refractivity contribution in [1.29, 1.82) is 0 Å². The predicted octanol–water partition coefficient (Wildman–Crippen LogP) is 2.64.